The summed E-state index contributed by atoms with van der Waals surface area (Å²) in [4.78, 5) is 0. The first-order chi connectivity index (χ1) is 11.1. The van der Waals surface area contributed by atoms with E-state index in [-0.39, 0.29) is 0 Å². The van der Waals surface area contributed by atoms with Gasteiger partial charge in [0.2, 0.25) is 0 Å². The first kappa shape index (κ1) is 20.4. The summed E-state index contributed by atoms with van der Waals surface area (Å²) in [7, 11) is -2.05. The second kappa shape index (κ2) is 7.37. The summed E-state index contributed by atoms with van der Waals surface area (Å²) < 4.78 is 0. The molecule has 136 valence electrons. The molecular weight excluding hydrogens is 326 g/mol. The fourth-order valence-electron chi connectivity index (χ4n) is 4.88. The first-order valence-electron chi connectivity index (χ1n) is 9.87. The van der Waals surface area contributed by atoms with Gasteiger partial charge >= 0.3 is 0 Å². The van der Waals surface area contributed by atoms with Gasteiger partial charge in [0.1, 0.15) is 0 Å². The van der Waals surface area contributed by atoms with Crippen molar-refractivity contribution in [3.8, 4) is 0 Å². The summed E-state index contributed by atoms with van der Waals surface area (Å²) in [5.41, 5.74) is 8.31. The highest BCUT2D eigenvalue weighted by Crippen LogP contribution is 2.84. The minimum Gasteiger partial charge on any atom is -0.0614 e. The smallest absolute Gasteiger partial charge is 0.0614 e. The highest BCUT2D eigenvalue weighted by Gasteiger charge is 2.59. The Kier molecular flexibility index (Phi) is 6.26. The second-order valence-electron chi connectivity index (χ2n) is 9.24. The van der Waals surface area contributed by atoms with E-state index in [2.05, 4.69) is 80.5 Å². The van der Waals surface area contributed by atoms with Crippen molar-refractivity contribution in [3.63, 3.8) is 0 Å². The molecule has 0 amide bonds. The molecule has 1 aromatic rings. The molecule has 0 aliphatic carbocycles. The van der Waals surface area contributed by atoms with Gasteiger partial charge in [-0.2, -0.15) is 0 Å². The van der Waals surface area contributed by atoms with Crippen molar-refractivity contribution >= 4 is 14.5 Å². The zero-order chi connectivity index (χ0) is 18.3. The van der Waals surface area contributed by atoms with Crippen molar-refractivity contribution in [2.24, 2.45) is 0 Å². The summed E-state index contributed by atoms with van der Waals surface area (Å²) >= 11 is 0. The molecule has 1 aliphatic heterocycles. The molecule has 0 nitrogen and oxygen atoms in total. The van der Waals surface area contributed by atoms with E-state index in [0.717, 1.165) is 22.6 Å². The Morgan fingerprint density at radius 2 is 1.00 bits per heavy atom. The van der Waals surface area contributed by atoms with E-state index in [9.17, 15) is 0 Å². The third kappa shape index (κ3) is 3.35. The topological polar surface area (TPSA) is 0 Å². The van der Waals surface area contributed by atoms with Crippen molar-refractivity contribution in [1.82, 2.24) is 0 Å². The average molecular weight is 367 g/mol. The minimum atomic E-state index is -1.02. The van der Waals surface area contributed by atoms with Crippen LogP contribution in [0.3, 0.4) is 0 Å². The van der Waals surface area contributed by atoms with Crippen LogP contribution < -0.4 is 0 Å². The van der Waals surface area contributed by atoms with Gasteiger partial charge in [0.25, 0.3) is 0 Å². The molecule has 0 atom stereocenters. The van der Waals surface area contributed by atoms with E-state index in [1.165, 1.54) is 12.3 Å². The number of rotatable bonds is 4. The Bertz CT molecular complexity index is 507. The van der Waals surface area contributed by atoms with Crippen LogP contribution in [0.4, 0.5) is 0 Å². The number of benzene rings is 1. The fourth-order valence-corrected chi connectivity index (χ4v) is 20.6. The minimum absolute atomic E-state index is 0.843. The van der Waals surface area contributed by atoms with E-state index in [4.69, 9.17) is 0 Å². The van der Waals surface area contributed by atoms with Gasteiger partial charge in [0, 0.05) is 0 Å². The van der Waals surface area contributed by atoms with E-state index >= 15 is 0 Å². The molecule has 1 aromatic carbocycles. The molecule has 24 heavy (non-hydrogen) atoms. The van der Waals surface area contributed by atoms with Crippen molar-refractivity contribution in [1.29, 1.82) is 0 Å². The maximum absolute atomic E-state index is 2.53. The summed E-state index contributed by atoms with van der Waals surface area (Å²) in [6.07, 6.45) is 2.76. The first-order valence-corrected chi connectivity index (χ1v) is 14.5. The van der Waals surface area contributed by atoms with Crippen LogP contribution in [0.5, 0.6) is 0 Å². The highest BCUT2D eigenvalue weighted by atomic mass is 31.2. The van der Waals surface area contributed by atoms with Gasteiger partial charge < -0.3 is 0 Å². The van der Waals surface area contributed by atoms with Gasteiger partial charge in [-0.25, -0.2) is 0 Å². The van der Waals surface area contributed by atoms with Crippen molar-refractivity contribution in [2.75, 3.05) is 5.90 Å². The van der Waals surface area contributed by atoms with Gasteiger partial charge in [0.05, 0.1) is 49.5 Å². The van der Waals surface area contributed by atoms with Gasteiger partial charge in [0.15, 0.2) is 5.90 Å². The van der Waals surface area contributed by atoms with Crippen molar-refractivity contribution in [2.45, 2.75) is 97.3 Å². The Hall–Kier alpha value is 0.0800. The molecule has 0 radical (unpaired) electrons. The Morgan fingerprint density at radius 3 is 1.29 bits per heavy atom. The van der Waals surface area contributed by atoms with Crippen LogP contribution in [0.2, 0.25) is 0 Å². The molecule has 2 heteroatoms. The number of fused-ring (bicyclic) bond motifs is 2. The standard InChI is InChI=1S/C22H40P2/c1-16(2)23(17(3)4)13-21-11-10-12-22(20(21)9)14-24(15-23,18(5)6)19(7)8/h10-12,16-19H,13-15H2,1-9H3/q+2. The Morgan fingerprint density at radius 1 is 0.667 bits per heavy atom. The van der Waals surface area contributed by atoms with Crippen LogP contribution in [-0.2, 0) is 12.3 Å². The quantitative estimate of drug-likeness (QED) is 0.480. The molecule has 1 heterocycles. The maximum atomic E-state index is 2.53. The van der Waals surface area contributed by atoms with Crippen LogP contribution >= 0.6 is 14.5 Å². The van der Waals surface area contributed by atoms with Crippen molar-refractivity contribution in [3.05, 3.63) is 34.9 Å². The number of hydrogen-bond acceptors (Lipinski definition) is 0. The molecule has 0 fully saturated rings. The van der Waals surface area contributed by atoms with Gasteiger partial charge in [-0.05, 0) is 79.0 Å². The lowest BCUT2D eigenvalue weighted by Crippen LogP contribution is -2.30. The summed E-state index contributed by atoms with van der Waals surface area (Å²) in [6, 6.07) is 7.19. The summed E-state index contributed by atoms with van der Waals surface area (Å²) in [5, 5.41) is 0. The monoisotopic (exact) mass is 366 g/mol. The molecule has 0 N–H and O–H groups in total. The van der Waals surface area contributed by atoms with Gasteiger partial charge in [-0.3, -0.25) is 0 Å². The number of hydrogen-bond donors (Lipinski definition) is 0. The average Bonchev–Trinajstić information content (AvgIpc) is 2.47. The van der Waals surface area contributed by atoms with Gasteiger partial charge in [-0.1, -0.05) is 18.2 Å². The lowest BCUT2D eigenvalue weighted by Gasteiger charge is -2.44. The zero-order valence-electron chi connectivity index (χ0n) is 17.6. The van der Waals surface area contributed by atoms with Crippen LogP contribution in [-0.4, -0.2) is 28.5 Å². The molecule has 0 saturated carbocycles. The third-order valence-corrected chi connectivity index (χ3v) is 21.4. The van der Waals surface area contributed by atoms with E-state index in [0.29, 0.717) is 0 Å². The highest BCUT2D eigenvalue weighted by molar-refractivity contribution is 7.92. The van der Waals surface area contributed by atoms with Crippen LogP contribution in [0.25, 0.3) is 0 Å². The molecule has 0 unspecified atom stereocenters. The lowest BCUT2D eigenvalue weighted by molar-refractivity contribution is 0.932. The predicted molar refractivity (Wildman–Crippen MR) is 118 cm³/mol. The maximum Gasteiger partial charge on any atom is 0.161 e. The summed E-state index contributed by atoms with van der Waals surface area (Å²) in [6.45, 7) is 22.7. The largest absolute Gasteiger partial charge is 0.161 e. The predicted octanol–water partition coefficient (Wildman–Crippen LogP) is 7.63. The fraction of sp³-hybridized carbons (Fsp3) is 0.727. The van der Waals surface area contributed by atoms with Crippen LogP contribution in [0.1, 0.15) is 72.1 Å². The lowest BCUT2D eigenvalue weighted by atomic mass is 10.1. The third-order valence-electron chi connectivity index (χ3n) is 7.13. The van der Waals surface area contributed by atoms with Crippen molar-refractivity contribution < 1.29 is 0 Å². The Labute approximate surface area is 152 Å². The molecule has 1 aliphatic rings. The Balaban J connectivity index is 2.75. The molecular formula is C22H40P2+2. The summed E-state index contributed by atoms with van der Waals surface area (Å²) in [5.74, 6) is 1.58. The van der Waals surface area contributed by atoms with E-state index in [1.807, 2.05) is 0 Å². The molecule has 0 saturated heterocycles. The molecule has 2 bridgehead atoms. The second-order valence-corrected chi connectivity index (χ2v) is 19.5. The zero-order valence-corrected chi connectivity index (χ0v) is 19.3. The SMILES string of the molecule is Cc1c2cccc1C[P+](C(C)C)(C(C)C)C[P+](C(C)C)(C(C)C)C2. The van der Waals surface area contributed by atoms with Crippen LogP contribution in [0, 0.1) is 6.92 Å². The molecule has 0 aromatic heterocycles. The van der Waals surface area contributed by atoms with E-state index < -0.39 is 14.5 Å². The van der Waals surface area contributed by atoms with Gasteiger partial charge in [-0.15, -0.1) is 0 Å². The van der Waals surface area contributed by atoms with Crippen LogP contribution in [0.15, 0.2) is 18.2 Å². The van der Waals surface area contributed by atoms with E-state index in [1.54, 1.807) is 22.6 Å². The molecule has 0 spiro atoms. The normalized spacial score (nSPS) is 19.9. The molecule has 2 rings (SSSR count).